The molecule has 3 nitrogen and oxygen atoms in total. The zero-order valence-electron chi connectivity index (χ0n) is 9.46. The summed E-state index contributed by atoms with van der Waals surface area (Å²) in [6.07, 6.45) is 2.06. The minimum Gasteiger partial charge on any atom is -0.381 e. The Labute approximate surface area is 109 Å². The van der Waals surface area contributed by atoms with E-state index in [9.17, 15) is 4.39 Å². The molecule has 0 spiro atoms. The fourth-order valence-corrected chi connectivity index (χ4v) is 2.78. The van der Waals surface area contributed by atoms with Crippen molar-refractivity contribution >= 4 is 15.9 Å². The number of hydrogen-bond acceptors (Lipinski definition) is 3. The molecule has 17 heavy (non-hydrogen) atoms. The zero-order chi connectivity index (χ0) is 12.3. The molecule has 1 aromatic carbocycles. The molecule has 2 rings (SSSR count). The van der Waals surface area contributed by atoms with Crippen molar-refractivity contribution in [3.05, 3.63) is 34.1 Å². The van der Waals surface area contributed by atoms with Gasteiger partial charge in [-0.15, -0.1) is 0 Å². The molecular formula is C12H16BrFN2O. The van der Waals surface area contributed by atoms with Gasteiger partial charge in [0.2, 0.25) is 0 Å². The van der Waals surface area contributed by atoms with E-state index in [1.165, 1.54) is 6.07 Å². The van der Waals surface area contributed by atoms with Crippen molar-refractivity contribution in [1.82, 2.24) is 5.43 Å². The summed E-state index contributed by atoms with van der Waals surface area (Å²) in [5.41, 5.74) is 3.63. The van der Waals surface area contributed by atoms with Crippen molar-refractivity contribution in [2.75, 3.05) is 13.2 Å². The highest BCUT2D eigenvalue weighted by Crippen LogP contribution is 2.33. The highest BCUT2D eigenvalue weighted by molar-refractivity contribution is 9.10. The maximum absolute atomic E-state index is 13.5. The van der Waals surface area contributed by atoms with Crippen LogP contribution in [0.4, 0.5) is 4.39 Å². The summed E-state index contributed by atoms with van der Waals surface area (Å²) >= 11 is 3.28. The molecule has 1 aliphatic heterocycles. The number of ether oxygens (including phenoxy) is 1. The van der Waals surface area contributed by atoms with Gasteiger partial charge in [-0.05, 0) is 40.4 Å². The predicted molar refractivity (Wildman–Crippen MR) is 67.7 cm³/mol. The van der Waals surface area contributed by atoms with Gasteiger partial charge in [-0.1, -0.05) is 12.1 Å². The van der Waals surface area contributed by atoms with Gasteiger partial charge in [0.25, 0.3) is 0 Å². The quantitative estimate of drug-likeness (QED) is 0.666. The van der Waals surface area contributed by atoms with Crippen LogP contribution in [0, 0.1) is 11.7 Å². The summed E-state index contributed by atoms with van der Waals surface area (Å²) in [6.45, 7) is 1.47. The molecule has 0 saturated carbocycles. The summed E-state index contributed by atoms with van der Waals surface area (Å²) in [5.74, 6) is 5.63. The van der Waals surface area contributed by atoms with Gasteiger partial charge in [-0.2, -0.15) is 0 Å². The monoisotopic (exact) mass is 302 g/mol. The average molecular weight is 303 g/mol. The number of halogens is 2. The van der Waals surface area contributed by atoms with Crippen molar-refractivity contribution in [2.24, 2.45) is 11.8 Å². The number of nitrogens with two attached hydrogens (primary N) is 1. The van der Waals surface area contributed by atoms with E-state index in [0.717, 1.165) is 25.0 Å². The SMILES string of the molecule is NNC(c1cccc(F)c1Br)C1CCCOC1. The maximum Gasteiger partial charge on any atom is 0.137 e. The smallest absolute Gasteiger partial charge is 0.137 e. The molecule has 2 unspecified atom stereocenters. The van der Waals surface area contributed by atoms with E-state index in [1.54, 1.807) is 6.07 Å². The lowest BCUT2D eigenvalue weighted by Crippen LogP contribution is -2.37. The topological polar surface area (TPSA) is 47.3 Å². The Hall–Kier alpha value is -0.490. The van der Waals surface area contributed by atoms with Crippen LogP contribution in [0.3, 0.4) is 0 Å². The van der Waals surface area contributed by atoms with E-state index in [0.29, 0.717) is 11.1 Å². The second kappa shape index (κ2) is 5.91. The Morgan fingerprint density at radius 2 is 2.35 bits per heavy atom. The van der Waals surface area contributed by atoms with E-state index in [1.807, 2.05) is 6.07 Å². The summed E-state index contributed by atoms with van der Waals surface area (Å²) in [4.78, 5) is 0. The fourth-order valence-electron chi connectivity index (χ4n) is 2.27. The number of rotatable bonds is 3. The molecule has 0 amide bonds. The van der Waals surface area contributed by atoms with Crippen LogP contribution in [0.15, 0.2) is 22.7 Å². The fraction of sp³-hybridized carbons (Fsp3) is 0.500. The first-order chi connectivity index (χ1) is 8.24. The van der Waals surface area contributed by atoms with E-state index < -0.39 is 0 Å². The molecule has 2 atom stereocenters. The molecule has 1 fully saturated rings. The Morgan fingerprint density at radius 3 is 3.00 bits per heavy atom. The summed E-state index contributed by atoms with van der Waals surface area (Å²) < 4.78 is 19.4. The molecule has 1 saturated heterocycles. The summed E-state index contributed by atoms with van der Waals surface area (Å²) in [6, 6.07) is 4.93. The van der Waals surface area contributed by atoms with Crippen molar-refractivity contribution in [1.29, 1.82) is 0 Å². The van der Waals surface area contributed by atoms with E-state index in [4.69, 9.17) is 10.6 Å². The van der Waals surface area contributed by atoms with Gasteiger partial charge < -0.3 is 4.74 Å². The largest absolute Gasteiger partial charge is 0.381 e. The molecule has 94 valence electrons. The van der Waals surface area contributed by atoms with Crippen LogP contribution in [0.1, 0.15) is 24.4 Å². The lowest BCUT2D eigenvalue weighted by Gasteiger charge is -2.30. The van der Waals surface area contributed by atoms with Crippen molar-refractivity contribution in [3.63, 3.8) is 0 Å². The maximum atomic E-state index is 13.5. The highest BCUT2D eigenvalue weighted by atomic mass is 79.9. The third-order valence-electron chi connectivity index (χ3n) is 3.16. The molecule has 0 radical (unpaired) electrons. The van der Waals surface area contributed by atoms with Gasteiger partial charge in [-0.25, -0.2) is 4.39 Å². The number of hydrazine groups is 1. The van der Waals surface area contributed by atoms with Crippen LogP contribution in [0.2, 0.25) is 0 Å². The van der Waals surface area contributed by atoms with Crippen molar-refractivity contribution < 1.29 is 9.13 Å². The first-order valence-electron chi connectivity index (χ1n) is 5.72. The van der Waals surface area contributed by atoms with E-state index >= 15 is 0 Å². The first kappa shape index (κ1) is 13.0. The van der Waals surface area contributed by atoms with Gasteiger partial charge in [0.1, 0.15) is 5.82 Å². The first-order valence-corrected chi connectivity index (χ1v) is 6.51. The number of hydrogen-bond donors (Lipinski definition) is 2. The Kier molecular flexibility index (Phi) is 4.50. The van der Waals surface area contributed by atoms with Gasteiger partial charge in [0.15, 0.2) is 0 Å². The third-order valence-corrected chi connectivity index (χ3v) is 4.00. The molecule has 0 aromatic heterocycles. The van der Waals surface area contributed by atoms with Crippen LogP contribution in [0.5, 0.6) is 0 Å². The van der Waals surface area contributed by atoms with Crippen LogP contribution in [0.25, 0.3) is 0 Å². The number of benzene rings is 1. The molecular weight excluding hydrogens is 287 g/mol. The number of nitrogens with one attached hydrogen (secondary N) is 1. The lowest BCUT2D eigenvalue weighted by molar-refractivity contribution is 0.0388. The van der Waals surface area contributed by atoms with Gasteiger partial charge in [0, 0.05) is 12.5 Å². The minimum atomic E-state index is -0.264. The summed E-state index contributed by atoms with van der Waals surface area (Å²) in [5, 5.41) is 0. The van der Waals surface area contributed by atoms with Gasteiger partial charge >= 0.3 is 0 Å². The van der Waals surface area contributed by atoms with E-state index in [2.05, 4.69) is 21.4 Å². The zero-order valence-corrected chi connectivity index (χ0v) is 11.0. The van der Waals surface area contributed by atoms with Crippen LogP contribution in [-0.4, -0.2) is 13.2 Å². The standard InChI is InChI=1S/C12H16BrFN2O/c13-11-9(4-1-5-10(11)14)12(16-15)8-3-2-6-17-7-8/h1,4-5,8,12,16H,2-3,6-7,15H2. The lowest BCUT2D eigenvalue weighted by atomic mass is 9.89. The second-order valence-corrected chi connectivity index (χ2v) is 5.06. The molecule has 1 aliphatic rings. The van der Waals surface area contributed by atoms with Crippen LogP contribution < -0.4 is 11.3 Å². The Bertz CT molecular complexity index is 383. The molecule has 1 aromatic rings. The molecule has 0 bridgehead atoms. The Morgan fingerprint density at radius 1 is 1.53 bits per heavy atom. The van der Waals surface area contributed by atoms with E-state index in [-0.39, 0.29) is 17.8 Å². The average Bonchev–Trinajstić information content (AvgIpc) is 2.37. The molecule has 0 aliphatic carbocycles. The minimum absolute atomic E-state index is 0.0830. The molecule has 5 heteroatoms. The molecule has 1 heterocycles. The molecule has 3 N–H and O–H groups in total. The van der Waals surface area contributed by atoms with Gasteiger partial charge in [-0.3, -0.25) is 11.3 Å². The van der Waals surface area contributed by atoms with Crippen molar-refractivity contribution in [3.8, 4) is 0 Å². The Balaban J connectivity index is 2.24. The predicted octanol–water partition coefficient (Wildman–Crippen LogP) is 2.52. The normalized spacial score (nSPS) is 22.4. The van der Waals surface area contributed by atoms with Crippen LogP contribution >= 0.6 is 15.9 Å². The third kappa shape index (κ3) is 2.85. The van der Waals surface area contributed by atoms with Crippen molar-refractivity contribution in [2.45, 2.75) is 18.9 Å². The highest BCUT2D eigenvalue weighted by Gasteiger charge is 2.26. The summed E-state index contributed by atoms with van der Waals surface area (Å²) in [7, 11) is 0. The van der Waals surface area contributed by atoms with Gasteiger partial charge in [0.05, 0.1) is 17.1 Å². The van der Waals surface area contributed by atoms with Crippen LogP contribution in [-0.2, 0) is 4.74 Å². The second-order valence-electron chi connectivity index (χ2n) is 4.26.